The molecule has 0 saturated carbocycles. The topological polar surface area (TPSA) is 20.2 Å². The Morgan fingerprint density at radius 3 is 2.64 bits per heavy atom. The van der Waals surface area contributed by atoms with Crippen LogP contribution in [-0.2, 0) is 6.42 Å². The molecule has 1 heteroatoms. The van der Waals surface area contributed by atoms with Crippen molar-refractivity contribution in [2.75, 3.05) is 0 Å². The summed E-state index contributed by atoms with van der Waals surface area (Å²) >= 11 is 0. The van der Waals surface area contributed by atoms with Crippen molar-refractivity contribution >= 4 is 0 Å². The maximum absolute atomic E-state index is 9.46. The lowest BCUT2D eigenvalue weighted by Gasteiger charge is -2.07. The molecule has 0 saturated heterocycles. The van der Waals surface area contributed by atoms with Crippen LogP contribution in [0.5, 0.6) is 0 Å². The second-order valence-electron chi connectivity index (χ2n) is 3.56. The molecule has 0 heterocycles. The molecule has 0 unspecified atom stereocenters. The lowest BCUT2D eigenvalue weighted by Crippen LogP contribution is -2.04. The minimum absolute atomic E-state index is 0.212. The fraction of sp³-hybridized carbons (Fsp3) is 0.385. The summed E-state index contributed by atoms with van der Waals surface area (Å²) in [6, 6.07) is 10.4. The highest BCUT2D eigenvalue weighted by molar-refractivity contribution is 5.14. The van der Waals surface area contributed by atoms with Gasteiger partial charge in [-0.2, -0.15) is 0 Å². The Morgan fingerprint density at radius 2 is 2.00 bits per heavy atom. The molecule has 0 spiro atoms. The third-order valence-electron chi connectivity index (χ3n) is 2.28. The average molecular weight is 190 g/mol. The molecule has 76 valence electrons. The second kappa shape index (κ2) is 6.39. The highest BCUT2D eigenvalue weighted by Crippen LogP contribution is 2.08. The van der Waals surface area contributed by atoms with Crippen LogP contribution in [0, 0.1) is 0 Å². The quantitative estimate of drug-likeness (QED) is 0.684. The summed E-state index contributed by atoms with van der Waals surface area (Å²) in [7, 11) is 0. The van der Waals surface area contributed by atoms with E-state index in [9.17, 15) is 5.11 Å². The number of rotatable bonds is 6. The lowest BCUT2D eigenvalue weighted by atomic mass is 10.0. The van der Waals surface area contributed by atoms with Crippen molar-refractivity contribution in [3.63, 3.8) is 0 Å². The predicted molar refractivity (Wildman–Crippen MR) is 60.2 cm³/mol. The molecule has 0 amide bonds. The highest BCUT2D eigenvalue weighted by atomic mass is 16.3. The standard InChI is InChI=1S/C13H18O/c1-2-7-13(14)11-6-10-12-8-4-3-5-9-12/h2-5,8-9,13-14H,1,6-7,10-11H2/t13-/m1/s1. The highest BCUT2D eigenvalue weighted by Gasteiger charge is 2.00. The molecule has 0 fully saturated rings. The third-order valence-corrected chi connectivity index (χ3v) is 2.28. The van der Waals surface area contributed by atoms with E-state index in [4.69, 9.17) is 0 Å². The van der Waals surface area contributed by atoms with Crippen molar-refractivity contribution < 1.29 is 5.11 Å². The first-order valence-electron chi connectivity index (χ1n) is 5.16. The number of aryl methyl sites for hydroxylation is 1. The van der Waals surface area contributed by atoms with Crippen molar-refractivity contribution in [2.24, 2.45) is 0 Å². The van der Waals surface area contributed by atoms with Crippen LogP contribution in [0.15, 0.2) is 43.0 Å². The van der Waals surface area contributed by atoms with Gasteiger partial charge in [-0.1, -0.05) is 36.4 Å². The van der Waals surface area contributed by atoms with Crippen molar-refractivity contribution in [2.45, 2.75) is 31.8 Å². The summed E-state index contributed by atoms with van der Waals surface area (Å²) < 4.78 is 0. The van der Waals surface area contributed by atoms with Crippen molar-refractivity contribution in [3.05, 3.63) is 48.6 Å². The van der Waals surface area contributed by atoms with Crippen molar-refractivity contribution in [1.29, 1.82) is 0 Å². The Labute approximate surface area is 86.1 Å². The zero-order chi connectivity index (χ0) is 10.2. The molecule has 1 aromatic carbocycles. The Morgan fingerprint density at radius 1 is 1.29 bits per heavy atom. The molecule has 0 aliphatic carbocycles. The van der Waals surface area contributed by atoms with E-state index in [0.717, 1.165) is 19.3 Å². The average Bonchev–Trinajstić information content (AvgIpc) is 2.20. The molecule has 14 heavy (non-hydrogen) atoms. The fourth-order valence-corrected chi connectivity index (χ4v) is 1.50. The van der Waals surface area contributed by atoms with E-state index in [1.54, 1.807) is 6.08 Å². The minimum atomic E-state index is -0.212. The van der Waals surface area contributed by atoms with E-state index in [-0.39, 0.29) is 6.10 Å². The maximum Gasteiger partial charge on any atom is 0.0574 e. The molecule has 0 radical (unpaired) electrons. The van der Waals surface area contributed by atoms with E-state index in [0.29, 0.717) is 6.42 Å². The van der Waals surface area contributed by atoms with E-state index in [2.05, 4.69) is 30.8 Å². The first kappa shape index (κ1) is 11.0. The van der Waals surface area contributed by atoms with Crippen molar-refractivity contribution in [3.8, 4) is 0 Å². The van der Waals surface area contributed by atoms with Gasteiger partial charge in [0.25, 0.3) is 0 Å². The maximum atomic E-state index is 9.46. The number of hydrogen-bond acceptors (Lipinski definition) is 1. The summed E-state index contributed by atoms with van der Waals surface area (Å²) in [6.07, 6.45) is 5.22. The Bertz CT molecular complexity index is 253. The van der Waals surface area contributed by atoms with Gasteiger partial charge >= 0.3 is 0 Å². The van der Waals surface area contributed by atoms with Gasteiger partial charge < -0.3 is 5.11 Å². The van der Waals surface area contributed by atoms with Gasteiger partial charge in [-0.3, -0.25) is 0 Å². The van der Waals surface area contributed by atoms with Gasteiger partial charge in [0.2, 0.25) is 0 Å². The molecule has 1 N–H and O–H groups in total. The number of hydrogen-bond donors (Lipinski definition) is 1. The summed E-state index contributed by atoms with van der Waals surface area (Å²) in [5, 5.41) is 9.46. The van der Waals surface area contributed by atoms with Crippen LogP contribution in [0.25, 0.3) is 0 Å². The van der Waals surface area contributed by atoms with Crippen LogP contribution in [0.3, 0.4) is 0 Å². The van der Waals surface area contributed by atoms with Crippen LogP contribution >= 0.6 is 0 Å². The van der Waals surface area contributed by atoms with Gasteiger partial charge in [-0.25, -0.2) is 0 Å². The van der Waals surface area contributed by atoms with Gasteiger partial charge in [-0.05, 0) is 31.2 Å². The Hall–Kier alpha value is -1.08. The zero-order valence-electron chi connectivity index (χ0n) is 8.52. The SMILES string of the molecule is C=CC[C@@H](O)CCCc1ccccc1. The lowest BCUT2D eigenvalue weighted by molar-refractivity contribution is 0.165. The summed E-state index contributed by atoms with van der Waals surface area (Å²) in [5.74, 6) is 0. The summed E-state index contributed by atoms with van der Waals surface area (Å²) in [4.78, 5) is 0. The molecule has 1 atom stereocenters. The monoisotopic (exact) mass is 190 g/mol. The smallest absolute Gasteiger partial charge is 0.0574 e. The van der Waals surface area contributed by atoms with E-state index in [1.807, 2.05) is 6.07 Å². The first-order valence-corrected chi connectivity index (χ1v) is 5.16. The largest absolute Gasteiger partial charge is 0.393 e. The second-order valence-corrected chi connectivity index (χ2v) is 3.56. The first-order chi connectivity index (χ1) is 6.83. The number of benzene rings is 1. The third kappa shape index (κ3) is 4.24. The normalized spacial score (nSPS) is 12.4. The van der Waals surface area contributed by atoms with Gasteiger partial charge in [0.15, 0.2) is 0 Å². The number of aliphatic hydroxyl groups is 1. The molecule has 0 aliphatic heterocycles. The van der Waals surface area contributed by atoms with E-state index >= 15 is 0 Å². The zero-order valence-corrected chi connectivity index (χ0v) is 8.52. The van der Waals surface area contributed by atoms with Crippen LogP contribution < -0.4 is 0 Å². The number of aliphatic hydroxyl groups excluding tert-OH is 1. The van der Waals surface area contributed by atoms with Crippen LogP contribution in [-0.4, -0.2) is 11.2 Å². The van der Waals surface area contributed by atoms with Crippen LogP contribution in [0.1, 0.15) is 24.8 Å². The summed E-state index contributed by atoms with van der Waals surface area (Å²) in [5.41, 5.74) is 1.35. The molecular formula is C13H18O. The van der Waals surface area contributed by atoms with Gasteiger partial charge in [0.1, 0.15) is 0 Å². The molecule has 1 aromatic rings. The molecule has 1 rings (SSSR count). The van der Waals surface area contributed by atoms with Crippen LogP contribution in [0.4, 0.5) is 0 Å². The van der Waals surface area contributed by atoms with E-state index < -0.39 is 0 Å². The Kier molecular flexibility index (Phi) is 5.02. The molecule has 0 bridgehead atoms. The molecule has 0 aliphatic rings. The van der Waals surface area contributed by atoms with Gasteiger partial charge in [0.05, 0.1) is 6.10 Å². The molecule has 0 aromatic heterocycles. The predicted octanol–water partition coefficient (Wildman–Crippen LogP) is 2.95. The van der Waals surface area contributed by atoms with Gasteiger partial charge in [0, 0.05) is 0 Å². The van der Waals surface area contributed by atoms with Gasteiger partial charge in [-0.15, -0.1) is 6.58 Å². The molecule has 1 nitrogen and oxygen atoms in total. The van der Waals surface area contributed by atoms with E-state index in [1.165, 1.54) is 5.56 Å². The Balaban J connectivity index is 2.18. The molecular weight excluding hydrogens is 172 g/mol. The fourth-order valence-electron chi connectivity index (χ4n) is 1.50. The van der Waals surface area contributed by atoms with Crippen LogP contribution in [0.2, 0.25) is 0 Å². The summed E-state index contributed by atoms with van der Waals surface area (Å²) in [6.45, 7) is 3.61. The minimum Gasteiger partial charge on any atom is -0.393 e. The van der Waals surface area contributed by atoms with Crippen molar-refractivity contribution in [1.82, 2.24) is 0 Å².